The molecule has 25 heavy (non-hydrogen) atoms. The zero-order chi connectivity index (χ0) is 18.6. The lowest BCUT2D eigenvalue weighted by Crippen LogP contribution is -2.35. The standard InChI is InChI=1S/C15H22N8O2/c1-15(2,3)11(13(24)25)9(12-20-22-23-21-12)6-8-4-5-10(18-7-8)19-14(16)17/h4-5,7,9,11H,6H2,1-3H3,(H,24,25)(H4,16,17,18,19)(H,20,21,22,23). The Hall–Kier alpha value is -3.04. The molecule has 0 radical (unpaired) electrons. The van der Waals surface area contributed by atoms with Gasteiger partial charge in [0.2, 0.25) is 0 Å². The van der Waals surface area contributed by atoms with Gasteiger partial charge in [0.05, 0.1) is 5.92 Å². The van der Waals surface area contributed by atoms with Crippen molar-refractivity contribution in [3.8, 4) is 0 Å². The van der Waals surface area contributed by atoms with Crippen LogP contribution in [0.4, 0.5) is 5.82 Å². The van der Waals surface area contributed by atoms with E-state index in [1.807, 2.05) is 20.8 Å². The number of H-pyrrole nitrogens is 1. The van der Waals surface area contributed by atoms with E-state index in [-0.39, 0.29) is 5.96 Å². The molecular weight excluding hydrogens is 324 g/mol. The molecule has 6 N–H and O–H groups in total. The van der Waals surface area contributed by atoms with Crippen molar-refractivity contribution >= 4 is 17.7 Å². The van der Waals surface area contributed by atoms with Crippen LogP contribution in [-0.2, 0) is 11.2 Å². The second-order valence-corrected chi connectivity index (χ2v) is 6.82. The lowest BCUT2D eigenvalue weighted by Gasteiger charge is -2.32. The molecule has 2 atom stereocenters. The van der Waals surface area contributed by atoms with Gasteiger partial charge in [0.1, 0.15) is 0 Å². The highest BCUT2D eigenvalue weighted by Gasteiger charge is 2.40. The fraction of sp³-hybridized carbons (Fsp3) is 0.467. The Kier molecular flexibility index (Phi) is 5.30. The Labute approximate surface area is 144 Å². The Morgan fingerprint density at radius 3 is 2.52 bits per heavy atom. The zero-order valence-corrected chi connectivity index (χ0v) is 14.3. The van der Waals surface area contributed by atoms with Crippen molar-refractivity contribution in [1.82, 2.24) is 25.6 Å². The molecule has 2 aromatic heterocycles. The number of hydrogen-bond donors (Lipinski definition) is 4. The third kappa shape index (κ3) is 4.72. The number of aliphatic imine (C=N–C) groups is 1. The molecule has 2 rings (SSSR count). The molecule has 2 heterocycles. The number of aromatic nitrogens is 5. The number of carboxylic acids is 1. The topological polar surface area (TPSA) is 169 Å². The van der Waals surface area contributed by atoms with E-state index in [0.717, 1.165) is 5.56 Å². The molecule has 2 aromatic rings. The minimum atomic E-state index is -0.910. The van der Waals surface area contributed by atoms with Crippen LogP contribution in [0, 0.1) is 11.3 Å². The number of aliphatic carboxylic acids is 1. The maximum absolute atomic E-state index is 11.9. The van der Waals surface area contributed by atoms with Gasteiger partial charge >= 0.3 is 5.97 Å². The summed E-state index contributed by atoms with van der Waals surface area (Å²) in [5.74, 6) is -1.42. The molecule has 0 aromatic carbocycles. The molecule has 0 spiro atoms. The van der Waals surface area contributed by atoms with E-state index in [1.54, 1.807) is 18.3 Å². The van der Waals surface area contributed by atoms with Crippen LogP contribution < -0.4 is 11.5 Å². The number of guanidine groups is 1. The Balaban J connectivity index is 2.34. The van der Waals surface area contributed by atoms with E-state index < -0.39 is 23.2 Å². The summed E-state index contributed by atoms with van der Waals surface area (Å²) in [6.07, 6.45) is 2.00. The number of aromatic amines is 1. The number of nitrogens with one attached hydrogen (secondary N) is 1. The highest BCUT2D eigenvalue weighted by atomic mass is 16.4. The van der Waals surface area contributed by atoms with Gasteiger partial charge in [0, 0.05) is 12.1 Å². The predicted molar refractivity (Wildman–Crippen MR) is 90.9 cm³/mol. The van der Waals surface area contributed by atoms with Crippen LogP contribution in [0.1, 0.15) is 38.1 Å². The predicted octanol–water partition coefficient (Wildman–Crippen LogP) is 0.573. The Bertz CT molecular complexity index is 730. The van der Waals surface area contributed by atoms with Crippen LogP contribution in [0.15, 0.2) is 23.3 Å². The lowest BCUT2D eigenvalue weighted by atomic mass is 9.71. The van der Waals surface area contributed by atoms with Crippen molar-refractivity contribution < 1.29 is 9.90 Å². The van der Waals surface area contributed by atoms with Crippen LogP contribution in [0.25, 0.3) is 0 Å². The number of tetrazole rings is 1. The fourth-order valence-electron chi connectivity index (χ4n) is 2.82. The highest BCUT2D eigenvalue weighted by Crippen LogP contribution is 2.38. The van der Waals surface area contributed by atoms with Gasteiger partial charge < -0.3 is 16.6 Å². The van der Waals surface area contributed by atoms with Gasteiger partial charge in [-0.25, -0.2) is 4.98 Å². The first kappa shape index (κ1) is 18.3. The van der Waals surface area contributed by atoms with Gasteiger partial charge in [-0.15, -0.1) is 10.2 Å². The zero-order valence-electron chi connectivity index (χ0n) is 14.3. The first-order valence-electron chi connectivity index (χ1n) is 7.69. The minimum absolute atomic E-state index is 0.0800. The van der Waals surface area contributed by atoms with Crippen LogP contribution in [0.2, 0.25) is 0 Å². The van der Waals surface area contributed by atoms with Crippen LogP contribution in [-0.4, -0.2) is 42.6 Å². The molecule has 0 fully saturated rings. The van der Waals surface area contributed by atoms with Gasteiger partial charge in [-0.2, -0.15) is 10.2 Å². The molecule has 0 aliphatic rings. The normalized spacial score (nSPS) is 13.9. The molecule has 134 valence electrons. The average molecular weight is 346 g/mol. The van der Waals surface area contributed by atoms with Crippen LogP contribution >= 0.6 is 0 Å². The minimum Gasteiger partial charge on any atom is -0.481 e. The number of carboxylic acid groups (broad SMARTS) is 1. The quantitative estimate of drug-likeness (QED) is 0.434. The van der Waals surface area contributed by atoms with Gasteiger partial charge in [0.25, 0.3) is 0 Å². The third-order valence-electron chi connectivity index (χ3n) is 3.80. The molecule has 0 amide bonds. The van der Waals surface area contributed by atoms with Gasteiger partial charge in [0.15, 0.2) is 17.6 Å². The largest absolute Gasteiger partial charge is 0.481 e. The Morgan fingerprint density at radius 1 is 1.36 bits per heavy atom. The van der Waals surface area contributed by atoms with Crippen molar-refractivity contribution in [2.45, 2.75) is 33.1 Å². The van der Waals surface area contributed by atoms with Gasteiger partial charge in [-0.3, -0.25) is 4.79 Å². The molecule has 0 aliphatic carbocycles. The maximum Gasteiger partial charge on any atom is 0.307 e. The van der Waals surface area contributed by atoms with Crippen molar-refractivity contribution in [1.29, 1.82) is 0 Å². The van der Waals surface area contributed by atoms with Gasteiger partial charge in [-0.1, -0.05) is 32.1 Å². The number of hydrogen-bond acceptors (Lipinski definition) is 6. The summed E-state index contributed by atoms with van der Waals surface area (Å²) < 4.78 is 0. The number of nitrogens with two attached hydrogens (primary N) is 2. The molecule has 0 saturated heterocycles. The van der Waals surface area contributed by atoms with E-state index in [9.17, 15) is 9.90 Å². The maximum atomic E-state index is 11.9. The number of carbonyl (C=O) groups is 1. The third-order valence-corrected chi connectivity index (χ3v) is 3.80. The van der Waals surface area contributed by atoms with Gasteiger partial charge in [-0.05, 0) is 23.5 Å². The summed E-state index contributed by atoms with van der Waals surface area (Å²) in [7, 11) is 0. The first-order chi connectivity index (χ1) is 11.7. The summed E-state index contributed by atoms with van der Waals surface area (Å²) >= 11 is 0. The van der Waals surface area contributed by atoms with E-state index >= 15 is 0 Å². The summed E-state index contributed by atoms with van der Waals surface area (Å²) in [5, 5.41) is 23.7. The van der Waals surface area contributed by atoms with Crippen LogP contribution in [0.3, 0.4) is 0 Å². The van der Waals surface area contributed by atoms with Crippen molar-refractivity contribution in [3.63, 3.8) is 0 Å². The number of nitrogens with zero attached hydrogens (tertiary/aromatic N) is 5. The van der Waals surface area contributed by atoms with Crippen LogP contribution in [0.5, 0.6) is 0 Å². The second-order valence-electron chi connectivity index (χ2n) is 6.82. The number of rotatable bonds is 6. The Morgan fingerprint density at radius 2 is 2.08 bits per heavy atom. The smallest absolute Gasteiger partial charge is 0.307 e. The lowest BCUT2D eigenvalue weighted by molar-refractivity contribution is -0.146. The molecule has 10 heteroatoms. The van der Waals surface area contributed by atoms with Crippen molar-refractivity contribution in [2.24, 2.45) is 27.8 Å². The second kappa shape index (κ2) is 7.24. The van der Waals surface area contributed by atoms with E-state index in [0.29, 0.717) is 18.1 Å². The van der Waals surface area contributed by atoms with E-state index in [4.69, 9.17) is 11.5 Å². The first-order valence-corrected chi connectivity index (χ1v) is 7.69. The van der Waals surface area contributed by atoms with Crippen molar-refractivity contribution in [3.05, 3.63) is 29.7 Å². The summed E-state index contributed by atoms with van der Waals surface area (Å²) in [6.45, 7) is 5.62. The molecule has 2 unspecified atom stereocenters. The molecule has 0 bridgehead atoms. The average Bonchev–Trinajstić information content (AvgIpc) is 3.00. The number of pyridine rings is 1. The molecule has 0 saturated carbocycles. The van der Waals surface area contributed by atoms with Crippen molar-refractivity contribution in [2.75, 3.05) is 0 Å². The van der Waals surface area contributed by atoms with E-state index in [1.165, 1.54) is 0 Å². The monoisotopic (exact) mass is 346 g/mol. The fourth-order valence-corrected chi connectivity index (χ4v) is 2.82. The summed E-state index contributed by atoms with van der Waals surface area (Å²) in [5.41, 5.74) is 11.0. The molecule has 0 aliphatic heterocycles. The highest BCUT2D eigenvalue weighted by molar-refractivity contribution is 5.78. The molecular formula is C15H22N8O2. The molecule has 10 nitrogen and oxygen atoms in total. The SMILES string of the molecule is CC(C)(C)C(C(=O)O)C(Cc1ccc(N=C(N)N)nc1)c1nn[nH]n1. The summed E-state index contributed by atoms with van der Waals surface area (Å²) in [6, 6.07) is 3.46. The summed E-state index contributed by atoms with van der Waals surface area (Å²) in [4.78, 5) is 19.9. The van der Waals surface area contributed by atoms with E-state index in [2.05, 4.69) is 30.6 Å².